The van der Waals surface area contributed by atoms with Gasteiger partial charge in [-0.3, -0.25) is 24.1 Å². The molecule has 0 saturated carbocycles. The van der Waals surface area contributed by atoms with Gasteiger partial charge in [0.1, 0.15) is 11.7 Å². The maximum absolute atomic E-state index is 12.1. The fraction of sp³-hybridized carbons (Fsp3) is 0.286. The number of esters is 1. The van der Waals surface area contributed by atoms with E-state index in [1.807, 2.05) is 0 Å². The molecule has 6 nitrogen and oxygen atoms in total. The first kappa shape index (κ1) is 13.9. The van der Waals surface area contributed by atoms with E-state index in [2.05, 4.69) is 4.74 Å². The van der Waals surface area contributed by atoms with Crippen molar-refractivity contribution >= 4 is 23.6 Å². The highest BCUT2D eigenvalue weighted by molar-refractivity contribution is 6.21. The number of Topliss-reactive ketones (excluding diaryl/α,β-unsaturated/α-hetero) is 1. The number of rotatable bonds is 4. The SMILES string of the molecule is COC(=O)[C@@H](CN1C(=O)c2ccccc2C1=O)C(C)=O. The van der Waals surface area contributed by atoms with E-state index >= 15 is 0 Å². The van der Waals surface area contributed by atoms with Crippen molar-refractivity contribution < 1.29 is 23.9 Å². The molecular formula is C14H13NO5. The van der Waals surface area contributed by atoms with Gasteiger partial charge in [-0.2, -0.15) is 0 Å². The molecule has 0 fully saturated rings. The molecule has 104 valence electrons. The number of amides is 2. The van der Waals surface area contributed by atoms with Crippen molar-refractivity contribution in [3.05, 3.63) is 35.4 Å². The summed E-state index contributed by atoms with van der Waals surface area (Å²) in [5, 5.41) is 0. The van der Waals surface area contributed by atoms with Crippen LogP contribution in [-0.4, -0.2) is 42.1 Å². The van der Waals surface area contributed by atoms with Crippen LogP contribution in [0.5, 0.6) is 0 Å². The minimum absolute atomic E-state index is 0.282. The number of ketones is 1. The number of methoxy groups -OCH3 is 1. The molecule has 0 radical (unpaired) electrons. The molecule has 0 spiro atoms. The zero-order valence-corrected chi connectivity index (χ0v) is 11.1. The van der Waals surface area contributed by atoms with E-state index in [9.17, 15) is 19.2 Å². The van der Waals surface area contributed by atoms with Crippen LogP contribution in [0.15, 0.2) is 24.3 Å². The molecule has 2 rings (SSSR count). The quantitative estimate of drug-likeness (QED) is 0.458. The van der Waals surface area contributed by atoms with Crippen LogP contribution in [-0.2, 0) is 14.3 Å². The van der Waals surface area contributed by atoms with Crippen molar-refractivity contribution in [2.24, 2.45) is 5.92 Å². The third-order valence-corrected chi connectivity index (χ3v) is 3.22. The number of nitrogens with zero attached hydrogens (tertiary/aromatic N) is 1. The lowest BCUT2D eigenvalue weighted by Gasteiger charge is -2.18. The van der Waals surface area contributed by atoms with E-state index in [-0.39, 0.29) is 17.7 Å². The fourth-order valence-electron chi connectivity index (χ4n) is 2.10. The molecule has 0 aromatic heterocycles. The number of hydrogen-bond acceptors (Lipinski definition) is 5. The summed E-state index contributed by atoms with van der Waals surface area (Å²) in [6.07, 6.45) is 0. The van der Waals surface area contributed by atoms with Gasteiger partial charge in [0, 0.05) is 6.54 Å². The highest BCUT2D eigenvalue weighted by Crippen LogP contribution is 2.23. The lowest BCUT2D eigenvalue weighted by Crippen LogP contribution is -2.40. The average Bonchev–Trinajstić information content (AvgIpc) is 2.68. The van der Waals surface area contributed by atoms with Gasteiger partial charge in [0.15, 0.2) is 0 Å². The summed E-state index contributed by atoms with van der Waals surface area (Å²) >= 11 is 0. The summed E-state index contributed by atoms with van der Waals surface area (Å²) in [7, 11) is 1.15. The van der Waals surface area contributed by atoms with Gasteiger partial charge >= 0.3 is 5.97 Å². The van der Waals surface area contributed by atoms with Gasteiger partial charge < -0.3 is 4.74 Å². The number of fused-ring (bicyclic) bond motifs is 1. The van der Waals surface area contributed by atoms with Crippen LogP contribution < -0.4 is 0 Å². The first-order valence-electron chi connectivity index (χ1n) is 6.01. The molecule has 1 atom stereocenters. The second kappa shape index (κ2) is 5.24. The highest BCUT2D eigenvalue weighted by atomic mass is 16.5. The van der Waals surface area contributed by atoms with E-state index in [1.54, 1.807) is 12.1 Å². The van der Waals surface area contributed by atoms with Gasteiger partial charge in [-0.1, -0.05) is 12.1 Å². The lowest BCUT2D eigenvalue weighted by molar-refractivity contribution is -0.149. The minimum Gasteiger partial charge on any atom is -0.468 e. The van der Waals surface area contributed by atoms with E-state index in [0.29, 0.717) is 0 Å². The largest absolute Gasteiger partial charge is 0.468 e. The van der Waals surface area contributed by atoms with Crippen molar-refractivity contribution in [3.63, 3.8) is 0 Å². The molecule has 2 amide bonds. The Kier molecular flexibility index (Phi) is 3.65. The van der Waals surface area contributed by atoms with Gasteiger partial charge in [0.2, 0.25) is 0 Å². The second-order valence-electron chi connectivity index (χ2n) is 4.45. The van der Waals surface area contributed by atoms with Crippen LogP contribution in [0.25, 0.3) is 0 Å². The van der Waals surface area contributed by atoms with Crippen molar-refractivity contribution in [1.82, 2.24) is 4.90 Å². The Morgan fingerprint density at radius 2 is 1.65 bits per heavy atom. The second-order valence-corrected chi connectivity index (χ2v) is 4.45. The third kappa shape index (κ3) is 2.20. The van der Waals surface area contributed by atoms with Crippen molar-refractivity contribution in [1.29, 1.82) is 0 Å². The monoisotopic (exact) mass is 275 g/mol. The average molecular weight is 275 g/mol. The Hall–Kier alpha value is -2.50. The van der Waals surface area contributed by atoms with Crippen LogP contribution in [0, 0.1) is 5.92 Å². The molecule has 0 N–H and O–H groups in total. The first-order chi connectivity index (χ1) is 9.47. The summed E-state index contributed by atoms with van der Waals surface area (Å²) in [6.45, 7) is 0.925. The number of carbonyl (C=O) groups excluding carboxylic acids is 4. The Labute approximate surface area is 115 Å². The molecule has 1 aliphatic heterocycles. The van der Waals surface area contributed by atoms with Crippen molar-refractivity contribution in [3.8, 4) is 0 Å². The van der Waals surface area contributed by atoms with E-state index in [0.717, 1.165) is 12.0 Å². The first-order valence-corrected chi connectivity index (χ1v) is 6.01. The summed E-state index contributed by atoms with van der Waals surface area (Å²) in [4.78, 5) is 48.1. The van der Waals surface area contributed by atoms with Gasteiger partial charge in [0.05, 0.1) is 18.2 Å². The standard InChI is InChI=1S/C14H13NO5/c1-8(16)11(14(19)20-2)7-15-12(17)9-5-3-4-6-10(9)13(15)18/h3-6,11H,7H2,1-2H3/t11-/m0/s1. The molecule has 6 heteroatoms. The maximum atomic E-state index is 12.1. The molecule has 1 aromatic carbocycles. The van der Waals surface area contributed by atoms with Crippen molar-refractivity contribution in [2.45, 2.75) is 6.92 Å². The fourth-order valence-corrected chi connectivity index (χ4v) is 2.10. The predicted octanol–water partition coefficient (Wildman–Crippen LogP) is 0.661. The Bertz CT molecular complexity index is 572. The van der Waals surface area contributed by atoms with Crippen LogP contribution in [0.1, 0.15) is 27.6 Å². The molecule has 1 aromatic rings. The van der Waals surface area contributed by atoms with Gasteiger partial charge in [0.25, 0.3) is 11.8 Å². The number of ether oxygens (including phenoxy) is 1. The predicted molar refractivity (Wildman–Crippen MR) is 68.0 cm³/mol. The van der Waals surface area contributed by atoms with Gasteiger partial charge in [-0.25, -0.2) is 0 Å². The lowest BCUT2D eigenvalue weighted by atomic mass is 10.1. The molecule has 20 heavy (non-hydrogen) atoms. The zero-order valence-electron chi connectivity index (χ0n) is 11.1. The maximum Gasteiger partial charge on any atom is 0.318 e. The zero-order chi connectivity index (χ0) is 14.9. The smallest absolute Gasteiger partial charge is 0.318 e. The molecule has 0 aliphatic carbocycles. The number of carbonyl (C=O) groups is 4. The third-order valence-electron chi connectivity index (χ3n) is 3.22. The van der Waals surface area contributed by atoms with E-state index in [1.165, 1.54) is 19.1 Å². The molecular weight excluding hydrogens is 262 g/mol. The number of benzene rings is 1. The molecule has 1 heterocycles. The molecule has 0 bridgehead atoms. The Morgan fingerprint density at radius 1 is 1.15 bits per heavy atom. The molecule has 1 aliphatic rings. The Morgan fingerprint density at radius 3 is 2.05 bits per heavy atom. The summed E-state index contributed by atoms with van der Waals surface area (Å²) in [5.41, 5.74) is 0.564. The van der Waals surface area contributed by atoms with Gasteiger partial charge in [-0.05, 0) is 19.1 Å². The molecule has 0 saturated heterocycles. The van der Waals surface area contributed by atoms with E-state index in [4.69, 9.17) is 0 Å². The normalized spacial score (nSPS) is 15.0. The van der Waals surface area contributed by atoms with Crippen LogP contribution in [0.4, 0.5) is 0 Å². The van der Waals surface area contributed by atoms with Gasteiger partial charge in [-0.15, -0.1) is 0 Å². The summed E-state index contributed by atoms with van der Waals surface area (Å²) in [5.74, 6) is -3.36. The summed E-state index contributed by atoms with van der Waals surface area (Å²) in [6, 6.07) is 6.37. The van der Waals surface area contributed by atoms with Crippen LogP contribution in [0.3, 0.4) is 0 Å². The Balaban J connectivity index is 2.28. The topological polar surface area (TPSA) is 80.8 Å². The van der Waals surface area contributed by atoms with Crippen LogP contribution >= 0.6 is 0 Å². The van der Waals surface area contributed by atoms with Crippen LogP contribution in [0.2, 0.25) is 0 Å². The number of hydrogen-bond donors (Lipinski definition) is 0. The molecule has 0 unspecified atom stereocenters. The van der Waals surface area contributed by atoms with E-state index < -0.39 is 29.5 Å². The summed E-state index contributed by atoms with van der Waals surface area (Å²) < 4.78 is 4.52. The highest BCUT2D eigenvalue weighted by Gasteiger charge is 2.39. The van der Waals surface area contributed by atoms with Crippen molar-refractivity contribution in [2.75, 3.05) is 13.7 Å². The number of imide groups is 1. The minimum atomic E-state index is -1.15.